The number of hydrogen-bond acceptors (Lipinski definition) is 2. The van der Waals surface area contributed by atoms with E-state index in [1.54, 1.807) is 12.1 Å². The minimum Gasteiger partial charge on any atom is -0.208 e. The van der Waals surface area contributed by atoms with Crippen molar-refractivity contribution in [3.63, 3.8) is 0 Å². The Bertz CT molecular complexity index is 597. The van der Waals surface area contributed by atoms with Crippen LogP contribution in [0.3, 0.4) is 0 Å². The highest BCUT2D eigenvalue weighted by Crippen LogP contribution is 2.40. The molecule has 23 heavy (non-hydrogen) atoms. The first-order valence-electron chi connectivity index (χ1n) is 8.89. The molecule has 1 saturated carbocycles. The summed E-state index contributed by atoms with van der Waals surface area (Å²) in [6.45, 7) is 8.97. The zero-order valence-electron chi connectivity index (χ0n) is 14.9. The zero-order chi connectivity index (χ0) is 17.1. The molecule has 130 valence electrons. The average Bonchev–Trinajstić information content (AvgIpc) is 2.55. The van der Waals surface area contributed by atoms with Gasteiger partial charge in [-0.1, -0.05) is 46.2 Å². The van der Waals surface area contributed by atoms with Crippen LogP contribution in [0, 0.1) is 11.3 Å². The van der Waals surface area contributed by atoms with Gasteiger partial charge in [0.15, 0.2) is 0 Å². The highest BCUT2D eigenvalue weighted by molar-refractivity contribution is 7.89. The standard InChI is InChI=1S/C19H31NO2S/c1-5-15-7-13-18(14-8-15)23(21,22)20-17-11-9-16(10-12-17)19(3,4)6-2/h7-8,13-14,16-17,20H,5-6,9-12H2,1-4H3. The van der Waals surface area contributed by atoms with E-state index in [2.05, 4.69) is 32.4 Å². The van der Waals surface area contributed by atoms with Gasteiger partial charge in [0.2, 0.25) is 10.0 Å². The number of aryl methyl sites for hydroxylation is 1. The monoisotopic (exact) mass is 337 g/mol. The molecule has 0 atom stereocenters. The van der Waals surface area contributed by atoms with E-state index < -0.39 is 10.0 Å². The van der Waals surface area contributed by atoms with Crippen molar-refractivity contribution in [2.75, 3.05) is 0 Å². The summed E-state index contributed by atoms with van der Waals surface area (Å²) >= 11 is 0. The molecule has 0 aliphatic heterocycles. The molecular weight excluding hydrogens is 306 g/mol. The Morgan fingerprint density at radius 2 is 1.61 bits per heavy atom. The molecule has 0 radical (unpaired) electrons. The lowest BCUT2D eigenvalue weighted by atomic mass is 9.69. The fourth-order valence-electron chi connectivity index (χ4n) is 3.47. The van der Waals surface area contributed by atoms with Crippen LogP contribution >= 0.6 is 0 Å². The maximum atomic E-state index is 12.5. The number of nitrogens with one attached hydrogen (secondary N) is 1. The molecule has 0 heterocycles. The minimum atomic E-state index is -3.39. The van der Waals surface area contributed by atoms with Gasteiger partial charge >= 0.3 is 0 Å². The van der Waals surface area contributed by atoms with Gasteiger partial charge in [-0.3, -0.25) is 0 Å². The normalized spacial score (nSPS) is 23.0. The topological polar surface area (TPSA) is 46.2 Å². The fraction of sp³-hybridized carbons (Fsp3) is 0.684. The average molecular weight is 338 g/mol. The summed E-state index contributed by atoms with van der Waals surface area (Å²) < 4.78 is 28.0. The van der Waals surface area contributed by atoms with Gasteiger partial charge in [-0.2, -0.15) is 0 Å². The molecule has 0 amide bonds. The minimum absolute atomic E-state index is 0.0785. The molecule has 1 fully saturated rings. The van der Waals surface area contributed by atoms with Crippen molar-refractivity contribution in [3.8, 4) is 0 Å². The van der Waals surface area contributed by atoms with Crippen LogP contribution in [0.15, 0.2) is 29.2 Å². The van der Waals surface area contributed by atoms with Gasteiger partial charge in [-0.25, -0.2) is 13.1 Å². The molecule has 1 N–H and O–H groups in total. The molecule has 0 spiro atoms. The predicted octanol–water partition coefficient (Wildman–Crippen LogP) is 4.52. The molecule has 0 unspecified atom stereocenters. The second-order valence-electron chi connectivity index (χ2n) is 7.51. The summed E-state index contributed by atoms with van der Waals surface area (Å²) in [7, 11) is -3.39. The van der Waals surface area contributed by atoms with Crippen LogP contribution in [0.5, 0.6) is 0 Å². The summed E-state index contributed by atoms with van der Waals surface area (Å²) in [4.78, 5) is 0.380. The maximum absolute atomic E-state index is 12.5. The van der Waals surface area contributed by atoms with Crippen LogP contribution in [0.2, 0.25) is 0 Å². The summed E-state index contributed by atoms with van der Waals surface area (Å²) in [6.07, 6.45) is 6.22. The number of hydrogen-bond donors (Lipinski definition) is 1. The second-order valence-corrected chi connectivity index (χ2v) is 9.22. The zero-order valence-corrected chi connectivity index (χ0v) is 15.7. The van der Waals surface area contributed by atoms with Crippen molar-refractivity contribution < 1.29 is 8.42 Å². The van der Waals surface area contributed by atoms with Gasteiger partial charge in [0.1, 0.15) is 0 Å². The summed E-state index contributed by atoms with van der Waals surface area (Å²) in [5.74, 6) is 0.706. The third kappa shape index (κ3) is 4.57. The van der Waals surface area contributed by atoms with E-state index in [-0.39, 0.29) is 6.04 Å². The van der Waals surface area contributed by atoms with Gasteiger partial charge in [0.05, 0.1) is 4.90 Å². The van der Waals surface area contributed by atoms with Gasteiger partial charge in [0.25, 0.3) is 0 Å². The first-order valence-corrected chi connectivity index (χ1v) is 10.4. The molecule has 1 aliphatic carbocycles. The Morgan fingerprint density at radius 1 is 1.04 bits per heavy atom. The third-order valence-corrected chi connectivity index (χ3v) is 7.24. The maximum Gasteiger partial charge on any atom is 0.240 e. The largest absolute Gasteiger partial charge is 0.240 e. The van der Waals surface area contributed by atoms with Crippen molar-refractivity contribution in [2.45, 2.75) is 77.2 Å². The third-order valence-electron chi connectivity index (χ3n) is 5.71. The molecule has 0 aromatic heterocycles. The highest BCUT2D eigenvalue weighted by Gasteiger charge is 2.33. The Morgan fingerprint density at radius 3 is 2.09 bits per heavy atom. The smallest absolute Gasteiger partial charge is 0.208 e. The van der Waals surface area contributed by atoms with Crippen molar-refractivity contribution in [3.05, 3.63) is 29.8 Å². The fourth-order valence-corrected chi connectivity index (χ4v) is 4.78. The number of sulfonamides is 1. The van der Waals surface area contributed by atoms with Gasteiger partial charge in [-0.05, 0) is 61.1 Å². The van der Waals surface area contributed by atoms with E-state index in [0.29, 0.717) is 16.2 Å². The first-order chi connectivity index (χ1) is 10.8. The van der Waals surface area contributed by atoms with Crippen molar-refractivity contribution in [1.29, 1.82) is 0 Å². The Hall–Kier alpha value is -0.870. The highest BCUT2D eigenvalue weighted by atomic mass is 32.2. The Labute approximate surface area is 141 Å². The molecular formula is C19H31NO2S. The molecule has 1 aromatic rings. The summed E-state index contributed by atoms with van der Waals surface area (Å²) in [5, 5.41) is 0. The van der Waals surface area contributed by atoms with E-state index in [9.17, 15) is 8.42 Å². The molecule has 1 aliphatic rings. The summed E-state index contributed by atoms with van der Waals surface area (Å²) in [6, 6.07) is 7.31. The van der Waals surface area contributed by atoms with Gasteiger partial charge in [-0.15, -0.1) is 0 Å². The predicted molar refractivity (Wildman–Crippen MR) is 96.0 cm³/mol. The van der Waals surface area contributed by atoms with Crippen LogP contribution in [0.4, 0.5) is 0 Å². The van der Waals surface area contributed by atoms with E-state index in [1.807, 2.05) is 12.1 Å². The van der Waals surface area contributed by atoms with Gasteiger partial charge in [0, 0.05) is 6.04 Å². The quantitative estimate of drug-likeness (QED) is 0.829. The molecule has 0 bridgehead atoms. The lowest BCUT2D eigenvalue weighted by Crippen LogP contribution is -2.39. The van der Waals surface area contributed by atoms with E-state index in [4.69, 9.17) is 0 Å². The van der Waals surface area contributed by atoms with E-state index in [1.165, 1.54) is 6.42 Å². The van der Waals surface area contributed by atoms with Crippen molar-refractivity contribution in [1.82, 2.24) is 4.72 Å². The number of benzene rings is 1. The lowest BCUT2D eigenvalue weighted by Gasteiger charge is -2.39. The molecule has 3 nitrogen and oxygen atoms in total. The van der Waals surface area contributed by atoms with Crippen LogP contribution in [0.1, 0.15) is 65.4 Å². The molecule has 1 aromatic carbocycles. The first kappa shape index (κ1) is 18.5. The molecule has 2 rings (SSSR count). The SMILES string of the molecule is CCc1ccc(S(=O)(=O)NC2CCC(C(C)(C)CC)CC2)cc1. The summed E-state index contributed by atoms with van der Waals surface area (Å²) in [5.41, 5.74) is 1.52. The van der Waals surface area contributed by atoms with Crippen LogP contribution in [0.25, 0.3) is 0 Å². The second kappa shape index (κ2) is 7.35. The van der Waals surface area contributed by atoms with Crippen molar-refractivity contribution in [2.24, 2.45) is 11.3 Å². The molecule has 0 saturated heterocycles. The van der Waals surface area contributed by atoms with Crippen LogP contribution < -0.4 is 4.72 Å². The van der Waals surface area contributed by atoms with Crippen LogP contribution in [-0.2, 0) is 16.4 Å². The Balaban J connectivity index is 1.97. The van der Waals surface area contributed by atoms with Crippen molar-refractivity contribution >= 4 is 10.0 Å². The van der Waals surface area contributed by atoms with E-state index in [0.717, 1.165) is 37.7 Å². The lowest BCUT2D eigenvalue weighted by molar-refractivity contribution is 0.142. The van der Waals surface area contributed by atoms with Crippen LogP contribution in [-0.4, -0.2) is 14.5 Å². The van der Waals surface area contributed by atoms with E-state index >= 15 is 0 Å². The molecule has 4 heteroatoms. The van der Waals surface area contributed by atoms with Gasteiger partial charge < -0.3 is 0 Å². The number of rotatable bonds is 6. The Kier molecular flexibility index (Phi) is 5.90.